The number of amides is 2. The van der Waals surface area contributed by atoms with Gasteiger partial charge in [0.1, 0.15) is 0 Å². The first-order valence-electron chi connectivity index (χ1n) is 6.41. The van der Waals surface area contributed by atoms with Crippen molar-refractivity contribution in [1.82, 2.24) is 10.9 Å². The highest BCUT2D eigenvalue weighted by Gasteiger charge is 2.11. The first kappa shape index (κ1) is 15.1. The van der Waals surface area contributed by atoms with Crippen molar-refractivity contribution in [3.63, 3.8) is 0 Å². The van der Waals surface area contributed by atoms with Gasteiger partial charge in [0.05, 0.1) is 10.6 Å². The minimum Gasteiger partial charge on any atom is -0.267 e. The number of nitrogens with one attached hydrogen (secondary N) is 2. The molecule has 2 aromatic carbocycles. The highest BCUT2D eigenvalue weighted by atomic mass is 35.5. The van der Waals surface area contributed by atoms with E-state index in [-0.39, 0.29) is 5.91 Å². The Hall–Kier alpha value is -2.33. The fourth-order valence-electron chi connectivity index (χ4n) is 1.78. The maximum Gasteiger partial charge on any atom is 0.271 e. The zero-order valence-electron chi connectivity index (χ0n) is 11.7. The predicted molar refractivity (Wildman–Crippen MR) is 82.3 cm³/mol. The molecule has 4 nitrogen and oxygen atoms in total. The van der Waals surface area contributed by atoms with Gasteiger partial charge in [-0.25, -0.2) is 0 Å². The van der Waals surface area contributed by atoms with E-state index in [1.54, 1.807) is 36.4 Å². The molecule has 0 aliphatic heterocycles. The van der Waals surface area contributed by atoms with Gasteiger partial charge in [-0.15, -0.1) is 0 Å². The Bertz CT molecular complexity index is 698. The van der Waals surface area contributed by atoms with E-state index in [1.807, 2.05) is 19.9 Å². The number of hydrazine groups is 1. The smallest absolute Gasteiger partial charge is 0.267 e. The summed E-state index contributed by atoms with van der Waals surface area (Å²) in [5, 5.41) is 0.329. The van der Waals surface area contributed by atoms with Crippen LogP contribution in [0.25, 0.3) is 0 Å². The second-order valence-electron chi connectivity index (χ2n) is 4.69. The van der Waals surface area contributed by atoms with Crippen LogP contribution in [0, 0.1) is 13.8 Å². The Morgan fingerprint density at radius 3 is 2.24 bits per heavy atom. The molecule has 5 heteroatoms. The van der Waals surface area contributed by atoms with E-state index in [0.717, 1.165) is 11.1 Å². The third kappa shape index (κ3) is 3.61. The molecular formula is C16H15ClN2O2. The van der Waals surface area contributed by atoms with Gasteiger partial charge in [0.25, 0.3) is 11.8 Å². The number of benzene rings is 2. The zero-order valence-corrected chi connectivity index (χ0v) is 12.5. The van der Waals surface area contributed by atoms with Crippen LogP contribution in [0.5, 0.6) is 0 Å². The third-order valence-electron chi connectivity index (χ3n) is 3.18. The number of hydrogen-bond acceptors (Lipinski definition) is 2. The van der Waals surface area contributed by atoms with Gasteiger partial charge in [-0.1, -0.05) is 29.8 Å². The number of halogens is 1. The van der Waals surface area contributed by atoms with E-state index < -0.39 is 5.91 Å². The number of carbonyl (C=O) groups is 2. The van der Waals surface area contributed by atoms with Crippen LogP contribution >= 0.6 is 11.6 Å². The second-order valence-corrected chi connectivity index (χ2v) is 5.09. The summed E-state index contributed by atoms with van der Waals surface area (Å²) in [4.78, 5) is 23.9. The summed E-state index contributed by atoms with van der Waals surface area (Å²) in [5.41, 5.74) is 7.63. The minimum absolute atomic E-state index is 0.305. The van der Waals surface area contributed by atoms with E-state index in [0.29, 0.717) is 16.1 Å². The van der Waals surface area contributed by atoms with Crippen molar-refractivity contribution in [3.05, 3.63) is 69.7 Å². The Morgan fingerprint density at radius 1 is 0.905 bits per heavy atom. The largest absolute Gasteiger partial charge is 0.271 e. The van der Waals surface area contributed by atoms with Crippen LogP contribution in [0.2, 0.25) is 5.02 Å². The molecule has 2 aromatic rings. The van der Waals surface area contributed by atoms with Gasteiger partial charge in [0, 0.05) is 5.56 Å². The molecule has 0 atom stereocenters. The monoisotopic (exact) mass is 302 g/mol. The molecule has 0 aliphatic carbocycles. The molecule has 2 rings (SSSR count). The Kier molecular flexibility index (Phi) is 4.60. The highest BCUT2D eigenvalue weighted by molar-refractivity contribution is 6.33. The van der Waals surface area contributed by atoms with E-state index in [4.69, 9.17) is 11.6 Å². The number of rotatable bonds is 2. The maximum atomic E-state index is 12.0. The van der Waals surface area contributed by atoms with Gasteiger partial charge in [-0.2, -0.15) is 0 Å². The predicted octanol–water partition coefficient (Wildman–Crippen LogP) is 3.03. The third-order valence-corrected chi connectivity index (χ3v) is 3.51. The van der Waals surface area contributed by atoms with Crippen molar-refractivity contribution in [2.75, 3.05) is 0 Å². The summed E-state index contributed by atoms with van der Waals surface area (Å²) in [7, 11) is 0. The number of carbonyl (C=O) groups excluding carboxylic acids is 2. The van der Waals surface area contributed by atoms with E-state index in [2.05, 4.69) is 10.9 Å². The fraction of sp³-hybridized carbons (Fsp3) is 0.125. The van der Waals surface area contributed by atoms with Crippen molar-refractivity contribution < 1.29 is 9.59 Å². The van der Waals surface area contributed by atoms with Gasteiger partial charge in [0.15, 0.2) is 0 Å². The molecule has 0 fully saturated rings. The molecule has 108 valence electrons. The molecule has 0 saturated carbocycles. The van der Waals surface area contributed by atoms with Crippen molar-refractivity contribution in [2.24, 2.45) is 0 Å². The summed E-state index contributed by atoms with van der Waals surface area (Å²) >= 11 is 5.92. The Morgan fingerprint density at radius 2 is 1.57 bits per heavy atom. The summed E-state index contributed by atoms with van der Waals surface area (Å²) < 4.78 is 0. The van der Waals surface area contributed by atoms with Gasteiger partial charge < -0.3 is 0 Å². The van der Waals surface area contributed by atoms with Crippen LogP contribution in [0.1, 0.15) is 31.8 Å². The summed E-state index contributed by atoms with van der Waals surface area (Å²) in [6, 6.07) is 12.0. The number of aryl methyl sites for hydroxylation is 2. The average Bonchev–Trinajstić information content (AvgIpc) is 2.47. The van der Waals surface area contributed by atoms with E-state index in [9.17, 15) is 9.59 Å². The van der Waals surface area contributed by atoms with Crippen LogP contribution in [-0.2, 0) is 0 Å². The Labute approximate surface area is 128 Å². The molecule has 0 bridgehead atoms. The van der Waals surface area contributed by atoms with Crippen molar-refractivity contribution in [2.45, 2.75) is 13.8 Å². The topological polar surface area (TPSA) is 58.2 Å². The van der Waals surface area contributed by atoms with Crippen LogP contribution < -0.4 is 10.9 Å². The zero-order chi connectivity index (χ0) is 15.4. The molecule has 21 heavy (non-hydrogen) atoms. The molecule has 0 heterocycles. The summed E-state index contributed by atoms with van der Waals surface area (Å²) in [6.45, 7) is 3.89. The molecule has 0 radical (unpaired) electrons. The molecule has 2 amide bonds. The van der Waals surface area contributed by atoms with Crippen LogP contribution in [0.4, 0.5) is 0 Å². The van der Waals surface area contributed by atoms with Gasteiger partial charge in [-0.3, -0.25) is 20.4 Å². The lowest BCUT2D eigenvalue weighted by atomic mass is 10.1. The first-order chi connectivity index (χ1) is 9.99. The molecular weight excluding hydrogens is 288 g/mol. The number of hydrogen-bond donors (Lipinski definition) is 2. The molecule has 0 aliphatic rings. The molecule has 0 saturated heterocycles. The van der Waals surface area contributed by atoms with Crippen LogP contribution in [0.3, 0.4) is 0 Å². The fourth-order valence-corrected chi connectivity index (χ4v) is 2.00. The van der Waals surface area contributed by atoms with E-state index in [1.165, 1.54) is 0 Å². The standard InChI is InChI=1S/C16H15ClN2O2/c1-10-7-8-12(9-11(10)2)15(20)18-19-16(21)13-5-3-4-6-14(13)17/h3-9H,1-2H3,(H,18,20)(H,19,21). The molecule has 2 N–H and O–H groups in total. The average molecular weight is 303 g/mol. The first-order valence-corrected chi connectivity index (χ1v) is 6.79. The quantitative estimate of drug-likeness (QED) is 0.838. The normalized spacial score (nSPS) is 10.0. The lowest BCUT2D eigenvalue weighted by molar-refractivity contribution is 0.0846. The van der Waals surface area contributed by atoms with Crippen molar-refractivity contribution >= 4 is 23.4 Å². The minimum atomic E-state index is -0.460. The highest BCUT2D eigenvalue weighted by Crippen LogP contribution is 2.14. The maximum absolute atomic E-state index is 12.0. The van der Waals surface area contributed by atoms with Crippen LogP contribution in [-0.4, -0.2) is 11.8 Å². The summed E-state index contributed by atoms with van der Waals surface area (Å²) in [5.74, 6) is -0.837. The van der Waals surface area contributed by atoms with Crippen molar-refractivity contribution in [3.8, 4) is 0 Å². The summed E-state index contributed by atoms with van der Waals surface area (Å²) in [6.07, 6.45) is 0. The molecule has 0 unspecified atom stereocenters. The van der Waals surface area contributed by atoms with Crippen molar-refractivity contribution in [1.29, 1.82) is 0 Å². The SMILES string of the molecule is Cc1ccc(C(=O)NNC(=O)c2ccccc2Cl)cc1C. The second kappa shape index (κ2) is 6.41. The van der Waals surface area contributed by atoms with Gasteiger partial charge in [0.2, 0.25) is 0 Å². The lowest BCUT2D eigenvalue weighted by Crippen LogP contribution is -2.41. The van der Waals surface area contributed by atoms with Crippen LogP contribution in [0.15, 0.2) is 42.5 Å². The Balaban J connectivity index is 2.02. The van der Waals surface area contributed by atoms with Gasteiger partial charge in [-0.05, 0) is 49.2 Å². The lowest BCUT2D eigenvalue weighted by Gasteiger charge is -2.09. The molecule has 0 spiro atoms. The van der Waals surface area contributed by atoms with Gasteiger partial charge >= 0.3 is 0 Å². The molecule has 0 aromatic heterocycles. The van der Waals surface area contributed by atoms with E-state index >= 15 is 0 Å².